The van der Waals surface area contributed by atoms with Crippen LogP contribution in [0.2, 0.25) is 51.4 Å². The maximum absolute atomic E-state index is 12.0. The standard InChI is InChI=1S/2C23H32N6OSi.2C18H14O8/c2*1-31(2,3)13-12-30-17-28-11-9-20-22(25-16-26-23(20)28)19-14-27-29(15-19)21(8-10-24)18-6-4-5-7-18;2*19-15(20)13(25-17(23)11-7-3-1-4-8-11)14(16(21)22)26-18(24)12-9-5-2-6-10-12/h2*9,11,14-16,18,21H,4-8,12-13,17H2,1-3H3;2*1-10,13-14H,(H,19,20)(H,21,22)/t21-;;2*13-,14?/m1.00/s1. The Morgan fingerprint density at radius 3 is 0.991 bits per heavy atom. The van der Waals surface area contributed by atoms with Crippen molar-refractivity contribution in [2.75, 3.05) is 13.2 Å². The van der Waals surface area contributed by atoms with Gasteiger partial charge in [0.2, 0.25) is 24.4 Å². The van der Waals surface area contributed by atoms with E-state index in [4.69, 9.17) is 28.4 Å². The van der Waals surface area contributed by atoms with Gasteiger partial charge in [0.15, 0.2) is 0 Å². The van der Waals surface area contributed by atoms with Crippen LogP contribution in [0, 0.1) is 34.5 Å². The number of aliphatic carboxylic acids is 4. The maximum atomic E-state index is 12.0. The Labute approximate surface area is 659 Å². The number of esters is 4. The van der Waals surface area contributed by atoms with Crippen LogP contribution in [-0.4, -0.2) is 171 Å². The van der Waals surface area contributed by atoms with E-state index in [1.54, 1.807) is 36.9 Å². The van der Waals surface area contributed by atoms with Crippen LogP contribution in [0.25, 0.3) is 44.6 Å². The van der Waals surface area contributed by atoms with Gasteiger partial charge in [-0.2, -0.15) is 20.7 Å². The third kappa shape index (κ3) is 24.3. The molecule has 0 radical (unpaired) electrons. The fourth-order valence-corrected chi connectivity index (χ4v) is 14.4. The van der Waals surface area contributed by atoms with Crippen LogP contribution in [0.3, 0.4) is 0 Å². The summed E-state index contributed by atoms with van der Waals surface area (Å²) in [6, 6.07) is 41.1. The lowest BCUT2D eigenvalue weighted by Gasteiger charge is -2.21. The Morgan fingerprint density at radius 1 is 0.439 bits per heavy atom. The Hall–Kier alpha value is -12.4. The smallest absolute Gasteiger partial charge is 0.349 e. The van der Waals surface area contributed by atoms with Crippen molar-refractivity contribution in [2.24, 2.45) is 11.8 Å². The van der Waals surface area contributed by atoms with Crippen LogP contribution in [-0.2, 0) is 61.1 Å². The first kappa shape index (κ1) is 85.6. The van der Waals surface area contributed by atoms with Gasteiger partial charge >= 0.3 is 47.8 Å². The van der Waals surface area contributed by atoms with Gasteiger partial charge in [0.25, 0.3) is 0 Å². The number of nitrogens with zero attached hydrogens (tertiary/aromatic N) is 12. The van der Waals surface area contributed by atoms with E-state index in [0.29, 0.717) is 38.1 Å². The lowest BCUT2D eigenvalue weighted by Crippen LogP contribution is -2.45. The number of nitriles is 2. The first-order chi connectivity index (χ1) is 54.7. The molecule has 4 N–H and O–H groups in total. The number of carboxylic acids is 4. The molecule has 10 aromatic rings. The van der Waals surface area contributed by atoms with Gasteiger partial charge in [-0.1, -0.05) is 138 Å². The first-order valence-electron chi connectivity index (χ1n) is 37.3. The number of benzene rings is 4. The number of hydrogen-bond donors (Lipinski definition) is 4. The molecule has 2 aliphatic rings. The molecule has 3 unspecified atom stereocenters. The predicted octanol–water partition coefficient (Wildman–Crippen LogP) is 13.7. The minimum atomic E-state index is -2.21. The number of ether oxygens (including phenoxy) is 6. The van der Waals surface area contributed by atoms with E-state index in [2.05, 4.69) is 81.6 Å². The SMILES string of the molecule is C[Si](C)(C)CCOCn1ccc2c(-c3cnn(C(CC#N)C4CCCC4)c3)ncnc21.C[Si](C)(C)CCOCn1ccc2c(-c3cnn([C@H](CC#N)C4CCCC4)c3)ncnc21.O=C(OC(C(=O)O)[C@H](OC(=O)c1ccccc1)C(=O)O)c1ccccc1.O=C(OC(C(=O)O)[C@H](OC(=O)c1ccccc1)C(=O)O)c1ccccc1. The third-order valence-corrected chi connectivity index (χ3v) is 22.4. The highest BCUT2D eigenvalue weighted by molar-refractivity contribution is 6.76. The van der Waals surface area contributed by atoms with E-state index >= 15 is 0 Å². The van der Waals surface area contributed by atoms with Crippen molar-refractivity contribution in [3.63, 3.8) is 0 Å². The van der Waals surface area contributed by atoms with E-state index in [1.807, 2.05) is 67.8 Å². The monoisotopic (exact) mass is 1590 g/mol. The molecule has 0 aliphatic heterocycles. The molecular formula is C82H92N12O18Si2. The lowest BCUT2D eigenvalue weighted by atomic mass is 9.96. The van der Waals surface area contributed by atoms with Crippen LogP contribution < -0.4 is 0 Å². The number of hydrogen-bond acceptors (Lipinski definition) is 22. The highest BCUT2D eigenvalue weighted by atomic mass is 28.3. The molecule has 2 saturated carbocycles. The largest absolute Gasteiger partial charge is 0.478 e. The summed E-state index contributed by atoms with van der Waals surface area (Å²) in [4.78, 5) is 112. The molecule has 0 saturated heterocycles. The van der Waals surface area contributed by atoms with Gasteiger partial charge in [-0.3, -0.25) is 9.36 Å². The predicted molar refractivity (Wildman–Crippen MR) is 421 cm³/mol. The van der Waals surface area contributed by atoms with Crippen LogP contribution in [0.15, 0.2) is 183 Å². The molecule has 30 nitrogen and oxygen atoms in total. The van der Waals surface area contributed by atoms with Crippen molar-refractivity contribution in [1.29, 1.82) is 10.5 Å². The molecule has 114 heavy (non-hydrogen) atoms. The van der Waals surface area contributed by atoms with Gasteiger partial charge in [0.05, 0.1) is 83.1 Å². The average Bonchev–Trinajstić information content (AvgIpc) is 1.64. The Balaban J connectivity index is 0.000000175. The van der Waals surface area contributed by atoms with Gasteiger partial charge < -0.3 is 58.0 Å². The summed E-state index contributed by atoms with van der Waals surface area (Å²) < 4.78 is 38.9. The average molecular weight is 1590 g/mol. The molecule has 2 fully saturated rings. The summed E-state index contributed by atoms with van der Waals surface area (Å²) in [5, 5.41) is 66.9. The van der Waals surface area contributed by atoms with E-state index in [1.165, 1.54) is 148 Å². The Kier molecular flexibility index (Phi) is 31.0. The van der Waals surface area contributed by atoms with E-state index < -0.39 is 88.3 Å². The zero-order valence-electron chi connectivity index (χ0n) is 64.1. The molecule has 0 amide bonds. The normalized spacial score (nSPS) is 14.4. The number of rotatable bonds is 32. The lowest BCUT2D eigenvalue weighted by molar-refractivity contribution is -0.166. The minimum absolute atomic E-state index is 0.0253. The highest BCUT2D eigenvalue weighted by Gasteiger charge is 2.43. The summed E-state index contributed by atoms with van der Waals surface area (Å²) in [7, 11) is -2.20. The second-order valence-electron chi connectivity index (χ2n) is 29.7. The first-order valence-corrected chi connectivity index (χ1v) is 44.7. The minimum Gasteiger partial charge on any atom is -0.478 e. The quantitative estimate of drug-likeness (QED) is 0.0132. The molecule has 6 heterocycles. The van der Waals surface area contributed by atoms with Gasteiger partial charge in [-0.05, 0) is 110 Å². The zero-order valence-corrected chi connectivity index (χ0v) is 66.1. The van der Waals surface area contributed by atoms with Gasteiger partial charge in [0, 0.05) is 76.0 Å². The number of fused-ring (bicyclic) bond motifs is 2. The molecule has 32 heteroatoms. The van der Waals surface area contributed by atoms with Crippen LogP contribution >= 0.6 is 0 Å². The van der Waals surface area contributed by atoms with Crippen molar-refractivity contribution in [3.8, 4) is 34.7 Å². The number of carboxylic acid groups (broad SMARTS) is 4. The fraction of sp³-hybridized carbons (Fsp3) is 0.366. The summed E-state index contributed by atoms with van der Waals surface area (Å²) in [6.45, 7) is 16.7. The highest BCUT2D eigenvalue weighted by Crippen LogP contribution is 2.39. The van der Waals surface area contributed by atoms with Crippen LogP contribution in [0.4, 0.5) is 0 Å². The summed E-state index contributed by atoms with van der Waals surface area (Å²) in [5.41, 5.74) is 5.52. The Morgan fingerprint density at radius 2 is 0.728 bits per heavy atom. The molecule has 2 aliphatic carbocycles. The van der Waals surface area contributed by atoms with Crippen molar-refractivity contribution >= 4 is 86.0 Å². The Bertz CT molecular complexity index is 4520. The van der Waals surface area contributed by atoms with Crippen molar-refractivity contribution in [3.05, 3.63) is 206 Å². The summed E-state index contributed by atoms with van der Waals surface area (Å²) >= 11 is 0. The fourth-order valence-electron chi connectivity index (χ4n) is 12.9. The molecule has 4 aromatic carbocycles. The second kappa shape index (κ2) is 41.2. The second-order valence-corrected chi connectivity index (χ2v) is 40.9. The summed E-state index contributed by atoms with van der Waals surface area (Å²) in [5.74, 6) is -10.2. The van der Waals surface area contributed by atoms with Crippen LogP contribution in [0.1, 0.15) is 118 Å². The van der Waals surface area contributed by atoms with Crippen molar-refractivity contribution in [2.45, 2.75) is 166 Å². The van der Waals surface area contributed by atoms with Gasteiger partial charge in [-0.15, -0.1) is 0 Å². The molecular weight excluding hydrogens is 1500 g/mol. The molecule has 0 spiro atoms. The van der Waals surface area contributed by atoms with Gasteiger partial charge in [0.1, 0.15) is 37.4 Å². The van der Waals surface area contributed by atoms with E-state index in [9.17, 15) is 69.3 Å². The van der Waals surface area contributed by atoms with Crippen molar-refractivity contribution < 1.29 is 87.2 Å². The molecule has 12 rings (SSSR count). The molecule has 0 bridgehead atoms. The molecule has 6 atom stereocenters. The van der Waals surface area contributed by atoms with E-state index in [-0.39, 0.29) is 34.3 Å². The molecule has 6 aromatic heterocycles. The summed E-state index contributed by atoms with van der Waals surface area (Å²) in [6.07, 6.45) is 16.9. The third-order valence-electron chi connectivity index (χ3n) is 19.0. The van der Waals surface area contributed by atoms with Crippen molar-refractivity contribution in [1.82, 2.24) is 48.6 Å². The van der Waals surface area contributed by atoms with E-state index in [0.717, 1.165) is 69.9 Å². The number of carbonyl (C=O) groups excluding carboxylic acids is 4. The number of carbonyl (C=O) groups is 8. The number of aromatic nitrogens is 10. The molecule has 596 valence electrons. The zero-order chi connectivity index (χ0) is 81.9. The topological polar surface area (TPSA) is 418 Å². The van der Waals surface area contributed by atoms with Crippen LogP contribution in [0.5, 0.6) is 0 Å². The van der Waals surface area contributed by atoms with Gasteiger partial charge in [-0.25, -0.2) is 58.3 Å². The maximum Gasteiger partial charge on any atom is 0.349 e.